The number of rotatable bonds is 1. The Kier molecular flexibility index (Phi) is 3.31. The van der Waals surface area contributed by atoms with Gasteiger partial charge in [0.2, 0.25) is 5.91 Å². The molecule has 2 aliphatic heterocycles. The van der Waals surface area contributed by atoms with Crippen LogP contribution in [0.15, 0.2) is 29.2 Å². The molecule has 1 fully saturated rings. The first kappa shape index (κ1) is 12.1. The number of hydrogen-bond donors (Lipinski definition) is 0. The van der Waals surface area contributed by atoms with Gasteiger partial charge in [0.05, 0.1) is 5.25 Å². The van der Waals surface area contributed by atoms with Crippen LogP contribution in [-0.2, 0) is 11.2 Å². The smallest absolute Gasteiger partial charge is 0.236 e. The minimum atomic E-state index is 0.103. The number of fused-ring (bicyclic) bond motifs is 1. The quantitative estimate of drug-likeness (QED) is 0.766. The van der Waals surface area contributed by atoms with Crippen molar-refractivity contribution in [3.8, 4) is 0 Å². The summed E-state index contributed by atoms with van der Waals surface area (Å²) in [7, 11) is 2.11. The molecule has 1 saturated heterocycles. The second-order valence-electron chi connectivity index (χ2n) is 5.05. The van der Waals surface area contributed by atoms with Gasteiger partial charge in [-0.05, 0) is 25.1 Å². The van der Waals surface area contributed by atoms with Crippen molar-refractivity contribution in [1.29, 1.82) is 0 Å². The van der Waals surface area contributed by atoms with Crippen molar-refractivity contribution < 1.29 is 4.79 Å². The van der Waals surface area contributed by atoms with Crippen molar-refractivity contribution in [3.63, 3.8) is 0 Å². The van der Waals surface area contributed by atoms with Crippen LogP contribution < -0.4 is 0 Å². The number of thioether (sulfide) groups is 1. The average molecular weight is 262 g/mol. The molecule has 0 radical (unpaired) electrons. The molecule has 1 aromatic rings. The molecule has 0 saturated carbocycles. The van der Waals surface area contributed by atoms with Gasteiger partial charge in [-0.3, -0.25) is 4.79 Å². The molecule has 3 rings (SSSR count). The molecule has 0 bridgehead atoms. The largest absolute Gasteiger partial charge is 0.339 e. The standard InChI is InChI=1S/C14H18N2OS/c1-15-6-8-16(9-7-15)14(17)13-10-11-4-2-3-5-12(11)18-13/h2-5,13H,6-10H2,1H3. The zero-order valence-electron chi connectivity index (χ0n) is 10.6. The third-order valence-corrected chi connectivity index (χ3v) is 5.04. The fourth-order valence-electron chi connectivity index (χ4n) is 2.55. The topological polar surface area (TPSA) is 23.6 Å². The molecular weight excluding hydrogens is 244 g/mol. The van der Waals surface area contributed by atoms with Gasteiger partial charge in [-0.15, -0.1) is 11.8 Å². The van der Waals surface area contributed by atoms with E-state index >= 15 is 0 Å². The number of likely N-dealkylation sites (N-methyl/N-ethyl adjacent to an activating group) is 1. The summed E-state index contributed by atoms with van der Waals surface area (Å²) in [6.07, 6.45) is 0.895. The lowest BCUT2D eigenvalue weighted by atomic mass is 10.1. The Bertz CT molecular complexity index is 430. The lowest BCUT2D eigenvalue weighted by molar-refractivity contribution is -0.132. The summed E-state index contributed by atoms with van der Waals surface area (Å²) in [6, 6.07) is 8.37. The zero-order chi connectivity index (χ0) is 12.5. The lowest BCUT2D eigenvalue weighted by Crippen LogP contribution is -2.49. The second kappa shape index (κ2) is 4.94. The SMILES string of the molecule is CN1CCN(C(=O)C2Cc3ccccc3S2)CC1. The van der Waals surface area contributed by atoms with Crippen molar-refractivity contribution in [2.75, 3.05) is 33.2 Å². The van der Waals surface area contributed by atoms with Crippen LogP contribution in [0.1, 0.15) is 5.56 Å². The molecule has 1 unspecified atom stereocenters. The maximum atomic E-state index is 12.5. The molecule has 1 amide bonds. The van der Waals surface area contributed by atoms with Crippen LogP contribution in [0.3, 0.4) is 0 Å². The Labute approximate surface area is 112 Å². The van der Waals surface area contributed by atoms with Crippen LogP contribution in [0.5, 0.6) is 0 Å². The first-order chi connectivity index (χ1) is 8.74. The van der Waals surface area contributed by atoms with Crippen molar-refractivity contribution in [1.82, 2.24) is 9.80 Å². The predicted molar refractivity (Wildman–Crippen MR) is 73.9 cm³/mol. The predicted octanol–water partition coefficient (Wildman–Crippen LogP) is 1.48. The van der Waals surface area contributed by atoms with E-state index in [0.29, 0.717) is 5.91 Å². The Balaban J connectivity index is 1.65. The minimum Gasteiger partial charge on any atom is -0.339 e. The molecule has 0 aliphatic carbocycles. The van der Waals surface area contributed by atoms with Gasteiger partial charge in [0.1, 0.15) is 0 Å². The third-order valence-electron chi connectivity index (χ3n) is 3.74. The molecule has 4 heteroatoms. The van der Waals surface area contributed by atoms with E-state index in [2.05, 4.69) is 36.2 Å². The Morgan fingerprint density at radius 1 is 1.22 bits per heavy atom. The second-order valence-corrected chi connectivity index (χ2v) is 6.29. The molecule has 0 aromatic heterocycles. The lowest BCUT2D eigenvalue weighted by Gasteiger charge is -2.33. The van der Waals surface area contributed by atoms with E-state index in [9.17, 15) is 4.79 Å². The van der Waals surface area contributed by atoms with Crippen molar-refractivity contribution in [3.05, 3.63) is 29.8 Å². The molecule has 0 spiro atoms. The van der Waals surface area contributed by atoms with Crippen LogP contribution in [0.2, 0.25) is 0 Å². The molecule has 1 aromatic carbocycles. The number of piperazine rings is 1. The molecule has 2 heterocycles. The van der Waals surface area contributed by atoms with Crippen LogP contribution >= 0.6 is 11.8 Å². The fourth-order valence-corrected chi connectivity index (χ4v) is 3.83. The van der Waals surface area contributed by atoms with E-state index in [1.807, 2.05) is 4.90 Å². The highest BCUT2D eigenvalue weighted by molar-refractivity contribution is 8.01. The van der Waals surface area contributed by atoms with E-state index in [-0.39, 0.29) is 5.25 Å². The van der Waals surface area contributed by atoms with Gasteiger partial charge in [0, 0.05) is 31.1 Å². The molecular formula is C14H18N2OS. The summed E-state index contributed by atoms with van der Waals surface area (Å²) in [6.45, 7) is 3.75. The monoisotopic (exact) mass is 262 g/mol. The molecule has 96 valence electrons. The summed E-state index contributed by atoms with van der Waals surface area (Å²) in [5.41, 5.74) is 1.33. The van der Waals surface area contributed by atoms with Gasteiger partial charge in [-0.2, -0.15) is 0 Å². The number of nitrogens with zero attached hydrogens (tertiary/aromatic N) is 2. The zero-order valence-corrected chi connectivity index (χ0v) is 11.4. The number of hydrogen-bond acceptors (Lipinski definition) is 3. The summed E-state index contributed by atoms with van der Waals surface area (Å²) >= 11 is 1.73. The first-order valence-electron chi connectivity index (χ1n) is 6.46. The van der Waals surface area contributed by atoms with Gasteiger partial charge < -0.3 is 9.80 Å². The minimum absolute atomic E-state index is 0.103. The highest BCUT2D eigenvalue weighted by Crippen LogP contribution is 2.37. The van der Waals surface area contributed by atoms with Crippen LogP contribution in [0.25, 0.3) is 0 Å². The number of carbonyl (C=O) groups excluding carboxylic acids is 1. The molecule has 2 aliphatic rings. The normalized spacial score (nSPS) is 24.1. The highest BCUT2D eigenvalue weighted by atomic mass is 32.2. The maximum Gasteiger partial charge on any atom is 0.236 e. The van der Waals surface area contributed by atoms with E-state index in [1.54, 1.807) is 11.8 Å². The van der Waals surface area contributed by atoms with Gasteiger partial charge >= 0.3 is 0 Å². The molecule has 18 heavy (non-hydrogen) atoms. The number of benzene rings is 1. The number of carbonyl (C=O) groups is 1. The molecule has 3 nitrogen and oxygen atoms in total. The Hall–Kier alpha value is -1.00. The van der Waals surface area contributed by atoms with E-state index < -0.39 is 0 Å². The van der Waals surface area contributed by atoms with Crippen molar-refractivity contribution in [2.45, 2.75) is 16.6 Å². The van der Waals surface area contributed by atoms with Crippen molar-refractivity contribution >= 4 is 17.7 Å². The average Bonchev–Trinajstić information content (AvgIpc) is 2.82. The summed E-state index contributed by atoms with van der Waals surface area (Å²) in [5, 5.41) is 0.103. The summed E-state index contributed by atoms with van der Waals surface area (Å²) < 4.78 is 0. The van der Waals surface area contributed by atoms with Gasteiger partial charge in [0.25, 0.3) is 0 Å². The van der Waals surface area contributed by atoms with E-state index in [0.717, 1.165) is 32.6 Å². The van der Waals surface area contributed by atoms with E-state index in [4.69, 9.17) is 0 Å². The summed E-state index contributed by atoms with van der Waals surface area (Å²) in [4.78, 5) is 18.1. The van der Waals surface area contributed by atoms with Crippen LogP contribution in [0, 0.1) is 0 Å². The van der Waals surface area contributed by atoms with Gasteiger partial charge in [-0.1, -0.05) is 18.2 Å². The third kappa shape index (κ3) is 2.27. The Morgan fingerprint density at radius 3 is 2.67 bits per heavy atom. The number of amides is 1. The van der Waals surface area contributed by atoms with E-state index in [1.165, 1.54) is 10.5 Å². The highest BCUT2D eigenvalue weighted by Gasteiger charge is 2.32. The summed E-state index contributed by atoms with van der Waals surface area (Å²) in [5.74, 6) is 0.323. The Morgan fingerprint density at radius 2 is 1.94 bits per heavy atom. The first-order valence-corrected chi connectivity index (χ1v) is 7.34. The molecule has 0 N–H and O–H groups in total. The van der Waals surface area contributed by atoms with Gasteiger partial charge in [0.15, 0.2) is 0 Å². The van der Waals surface area contributed by atoms with Gasteiger partial charge in [-0.25, -0.2) is 0 Å². The fraction of sp³-hybridized carbons (Fsp3) is 0.500. The molecule has 1 atom stereocenters. The van der Waals surface area contributed by atoms with Crippen LogP contribution in [-0.4, -0.2) is 54.2 Å². The van der Waals surface area contributed by atoms with Crippen molar-refractivity contribution in [2.24, 2.45) is 0 Å². The maximum absolute atomic E-state index is 12.5. The van der Waals surface area contributed by atoms with Crippen LogP contribution in [0.4, 0.5) is 0 Å².